The first-order chi connectivity index (χ1) is 17.1. The summed E-state index contributed by atoms with van der Waals surface area (Å²) in [5, 5.41) is 11.0. The maximum Gasteiger partial charge on any atom is 0.254 e. The molecule has 2 aromatic rings. The zero-order valence-corrected chi connectivity index (χ0v) is 20.0. The Morgan fingerprint density at radius 1 is 0.829 bits per heavy atom. The highest BCUT2D eigenvalue weighted by Gasteiger charge is 2.41. The first-order valence-corrected chi connectivity index (χ1v) is 12.9. The highest BCUT2D eigenvalue weighted by atomic mass is 16.5. The molecular weight excluding hydrogens is 442 g/mol. The molecule has 184 valence electrons. The van der Waals surface area contributed by atoms with Crippen LogP contribution in [0.1, 0.15) is 51.1 Å². The molecule has 4 aliphatic rings. The van der Waals surface area contributed by atoms with Crippen molar-refractivity contribution in [1.82, 2.24) is 14.7 Å². The molecule has 0 aromatic heterocycles. The lowest BCUT2D eigenvalue weighted by molar-refractivity contribution is -0.0137. The fourth-order valence-electron chi connectivity index (χ4n) is 6.38. The standard InChI is InChI=1S/C28H33N3O4/c32-26-16-30(14-12-25(26)29-13-11-19-3-1-2-4-22(19)15-29)27(33)20-5-7-21(8-6-20)28(34)31-23-9-10-24(31)18-35-17-23/h1-8,23-26,32H,9-18H2/t23?,24?,25-,26-/m0/s1. The van der Waals surface area contributed by atoms with Crippen molar-refractivity contribution >= 4 is 11.8 Å². The number of rotatable bonds is 3. The predicted molar refractivity (Wildman–Crippen MR) is 131 cm³/mol. The van der Waals surface area contributed by atoms with Crippen LogP contribution in [0.3, 0.4) is 0 Å². The largest absolute Gasteiger partial charge is 0.390 e. The number of morpholine rings is 1. The quantitative estimate of drug-likeness (QED) is 0.738. The molecule has 0 aliphatic carbocycles. The van der Waals surface area contributed by atoms with Gasteiger partial charge in [0.1, 0.15) is 0 Å². The van der Waals surface area contributed by atoms with Crippen molar-refractivity contribution in [3.63, 3.8) is 0 Å². The van der Waals surface area contributed by atoms with E-state index in [1.807, 2.05) is 4.90 Å². The van der Waals surface area contributed by atoms with Crippen molar-refractivity contribution in [1.29, 1.82) is 0 Å². The first-order valence-electron chi connectivity index (χ1n) is 12.9. The van der Waals surface area contributed by atoms with E-state index in [-0.39, 0.29) is 29.9 Å². The van der Waals surface area contributed by atoms with E-state index in [2.05, 4.69) is 29.2 Å². The molecule has 7 nitrogen and oxygen atoms in total. The van der Waals surface area contributed by atoms with Gasteiger partial charge in [0.2, 0.25) is 0 Å². The second-order valence-corrected chi connectivity index (χ2v) is 10.4. The number of hydrogen-bond acceptors (Lipinski definition) is 5. The summed E-state index contributed by atoms with van der Waals surface area (Å²) < 4.78 is 5.59. The molecule has 2 bridgehead atoms. The molecule has 6 rings (SSSR count). The minimum atomic E-state index is -0.574. The van der Waals surface area contributed by atoms with Crippen molar-refractivity contribution in [3.8, 4) is 0 Å². The van der Waals surface area contributed by atoms with E-state index >= 15 is 0 Å². The van der Waals surface area contributed by atoms with Crippen molar-refractivity contribution in [2.24, 2.45) is 0 Å². The van der Waals surface area contributed by atoms with Gasteiger partial charge in [0.15, 0.2) is 0 Å². The van der Waals surface area contributed by atoms with Crippen molar-refractivity contribution in [2.45, 2.75) is 56.5 Å². The summed E-state index contributed by atoms with van der Waals surface area (Å²) in [6.45, 7) is 3.97. The number of hydrogen-bond donors (Lipinski definition) is 1. The molecule has 4 atom stereocenters. The van der Waals surface area contributed by atoms with Gasteiger partial charge in [-0.1, -0.05) is 24.3 Å². The normalized spacial score (nSPS) is 28.6. The third kappa shape index (κ3) is 4.26. The van der Waals surface area contributed by atoms with Crippen molar-refractivity contribution in [2.75, 3.05) is 32.8 Å². The van der Waals surface area contributed by atoms with Crippen LogP contribution in [0.25, 0.3) is 0 Å². The van der Waals surface area contributed by atoms with E-state index in [1.165, 1.54) is 11.1 Å². The van der Waals surface area contributed by atoms with Crippen LogP contribution in [0.15, 0.2) is 48.5 Å². The average molecular weight is 476 g/mol. The number of piperidine rings is 1. The van der Waals surface area contributed by atoms with Gasteiger partial charge in [0.25, 0.3) is 11.8 Å². The Labute approximate surface area is 206 Å². The molecule has 1 N–H and O–H groups in total. The minimum Gasteiger partial charge on any atom is -0.390 e. The van der Waals surface area contributed by atoms with E-state index < -0.39 is 6.10 Å². The van der Waals surface area contributed by atoms with Crippen LogP contribution < -0.4 is 0 Å². The summed E-state index contributed by atoms with van der Waals surface area (Å²) in [6.07, 6.45) is 3.17. The Morgan fingerprint density at radius 3 is 2.17 bits per heavy atom. The molecule has 7 heteroatoms. The minimum absolute atomic E-state index is 0.0270. The number of β-amino-alcohol motifs (C(OH)–C–C–N with tert-alkyl or cyclic N) is 1. The van der Waals surface area contributed by atoms with Gasteiger partial charge in [-0.15, -0.1) is 0 Å². The topological polar surface area (TPSA) is 73.3 Å². The number of aliphatic hydroxyl groups is 1. The number of nitrogens with zero attached hydrogens (tertiary/aromatic N) is 3. The highest BCUT2D eigenvalue weighted by Crippen LogP contribution is 2.30. The van der Waals surface area contributed by atoms with Crippen LogP contribution in [-0.4, -0.2) is 88.7 Å². The van der Waals surface area contributed by atoms with Crippen LogP contribution in [0.5, 0.6) is 0 Å². The summed E-state index contributed by atoms with van der Waals surface area (Å²) in [5.74, 6) is -0.0592. The maximum absolute atomic E-state index is 13.2. The predicted octanol–water partition coefficient (Wildman–Crippen LogP) is 2.32. The van der Waals surface area contributed by atoms with Gasteiger partial charge in [0.05, 0.1) is 31.4 Å². The lowest BCUT2D eigenvalue weighted by Crippen LogP contribution is -2.56. The molecule has 0 saturated carbocycles. The molecule has 0 radical (unpaired) electrons. The molecule has 3 saturated heterocycles. The van der Waals surface area contributed by atoms with Gasteiger partial charge in [-0.2, -0.15) is 0 Å². The molecule has 4 aliphatic heterocycles. The van der Waals surface area contributed by atoms with Crippen LogP contribution in [-0.2, 0) is 17.7 Å². The fourth-order valence-corrected chi connectivity index (χ4v) is 6.38. The van der Waals surface area contributed by atoms with Gasteiger partial charge in [-0.25, -0.2) is 0 Å². The summed E-state index contributed by atoms with van der Waals surface area (Å²) in [6, 6.07) is 15.9. The molecule has 35 heavy (non-hydrogen) atoms. The molecule has 2 unspecified atom stereocenters. The number of fused-ring (bicyclic) bond motifs is 3. The van der Waals surface area contributed by atoms with E-state index in [0.717, 1.165) is 38.8 Å². The second-order valence-electron chi connectivity index (χ2n) is 10.4. The van der Waals surface area contributed by atoms with Crippen molar-refractivity contribution < 1.29 is 19.4 Å². The number of carbonyl (C=O) groups excluding carboxylic acids is 2. The van der Waals surface area contributed by atoms with Crippen LogP contribution >= 0.6 is 0 Å². The SMILES string of the molecule is O=C(c1ccc(C(=O)N2C3CCC2COC3)cc1)N1CC[C@H](N2CCc3ccccc3C2)[C@@H](O)C1. The average Bonchev–Trinajstić information content (AvgIpc) is 3.15. The number of ether oxygens (including phenoxy) is 1. The summed E-state index contributed by atoms with van der Waals surface area (Å²) in [4.78, 5) is 32.4. The van der Waals surface area contributed by atoms with E-state index in [4.69, 9.17) is 4.74 Å². The van der Waals surface area contributed by atoms with Gasteiger partial charge >= 0.3 is 0 Å². The van der Waals surface area contributed by atoms with Crippen molar-refractivity contribution in [3.05, 3.63) is 70.8 Å². The summed E-state index contributed by atoms with van der Waals surface area (Å²) >= 11 is 0. The number of aliphatic hydroxyl groups excluding tert-OH is 1. The number of amides is 2. The molecule has 2 amide bonds. The zero-order valence-electron chi connectivity index (χ0n) is 20.0. The Morgan fingerprint density at radius 2 is 1.49 bits per heavy atom. The first kappa shape index (κ1) is 22.7. The Balaban J connectivity index is 1.08. The molecule has 0 spiro atoms. The summed E-state index contributed by atoms with van der Waals surface area (Å²) in [7, 11) is 0. The fraction of sp³-hybridized carbons (Fsp3) is 0.500. The van der Waals surface area contributed by atoms with Gasteiger partial charge in [-0.3, -0.25) is 14.5 Å². The lowest BCUT2D eigenvalue weighted by atomic mass is 9.94. The smallest absolute Gasteiger partial charge is 0.254 e. The summed E-state index contributed by atoms with van der Waals surface area (Å²) in [5.41, 5.74) is 3.91. The van der Waals surface area contributed by atoms with Gasteiger partial charge in [0, 0.05) is 43.3 Å². The number of benzene rings is 2. The zero-order chi connectivity index (χ0) is 23.9. The Bertz CT molecular complexity index is 1090. The third-order valence-corrected chi connectivity index (χ3v) is 8.32. The Hall–Kier alpha value is -2.74. The van der Waals surface area contributed by atoms with Crippen LogP contribution in [0.4, 0.5) is 0 Å². The maximum atomic E-state index is 13.2. The number of likely N-dealkylation sites (tertiary alicyclic amines) is 1. The molecular formula is C28H33N3O4. The van der Waals surface area contributed by atoms with Crippen LogP contribution in [0, 0.1) is 0 Å². The van der Waals surface area contributed by atoms with Crippen LogP contribution in [0.2, 0.25) is 0 Å². The lowest BCUT2D eigenvalue weighted by Gasteiger charge is -2.43. The Kier molecular flexibility index (Phi) is 6.08. The van der Waals surface area contributed by atoms with Gasteiger partial charge < -0.3 is 19.6 Å². The monoisotopic (exact) mass is 475 g/mol. The van der Waals surface area contributed by atoms with E-state index in [9.17, 15) is 14.7 Å². The number of carbonyl (C=O) groups is 2. The van der Waals surface area contributed by atoms with E-state index in [0.29, 0.717) is 37.4 Å². The molecule has 3 fully saturated rings. The van der Waals surface area contributed by atoms with E-state index in [1.54, 1.807) is 29.2 Å². The molecule has 4 heterocycles. The third-order valence-electron chi connectivity index (χ3n) is 8.32. The van der Waals surface area contributed by atoms with Gasteiger partial charge in [-0.05, 0) is 61.1 Å². The highest BCUT2D eigenvalue weighted by molar-refractivity contribution is 5.98. The molecule has 2 aromatic carbocycles. The second kappa shape index (κ2) is 9.37.